The Kier molecular flexibility index (Phi) is 4.24. The maximum atomic E-state index is 13.0. The van der Waals surface area contributed by atoms with E-state index < -0.39 is 11.8 Å². The lowest BCUT2D eigenvalue weighted by Gasteiger charge is -2.33. The average molecular weight is 400 g/mol. The summed E-state index contributed by atoms with van der Waals surface area (Å²) < 4.78 is 23.4. The van der Waals surface area contributed by atoms with E-state index in [4.69, 9.17) is 18.6 Å². The number of ether oxygens (including phenoxy) is 3. The molecule has 1 aliphatic rings. The van der Waals surface area contributed by atoms with Crippen molar-refractivity contribution in [2.24, 2.45) is 0 Å². The standard InChI is InChI=1S/C25H20O5/c1-25(2)29-20-14-17-10-6-11-18(28-15-16-8-4-3-5-9-16)21(17)22(19-12-7-13-27-19)23(20)24(26)30-25/h3-14H,15H2,1-2H3. The van der Waals surface area contributed by atoms with Crippen LogP contribution in [0.5, 0.6) is 11.5 Å². The first kappa shape index (κ1) is 18.3. The first-order chi connectivity index (χ1) is 14.5. The van der Waals surface area contributed by atoms with Crippen LogP contribution in [-0.2, 0) is 11.3 Å². The van der Waals surface area contributed by atoms with Gasteiger partial charge < -0.3 is 18.6 Å². The molecule has 0 atom stereocenters. The number of rotatable bonds is 4. The number of benzene rings is 3. The summed E-state index contributed by atoms with van der Waals surface area (Å²) in [5.41, 5.74) is 2.00. The van der Waals surface area contributed by atoms with Crippen LogP contribution in [0.2, 0.25) is 0 Å². The molecule has 1 aliphatic heterocycles. The highest BCUT2D eigenvalue weighted by atomic mass is 16.7. The molecule has 2 heterocycles. The second-order valence-corrected chi connectivity index (χ2v) is 7.62. The van der Waals surface area contributed by atoms with Gasteiger partial charge in [-0.2, -0.15) is 0 Å². The van der Waals surface area contributed by atoms with E-state index in [1.54, 1.807) is 26.2 Å². The van der Waals surface area contributed by atoms with Crippen molar-refractivity contribution in [3.05, 3.63) is 84.1 Å². The first-order valence-corrected chi connectivity index (χ1v) is 9.74. The molecule has 0 bridgehead atoms. The Morgan fingerprint density at radius 2 is 1.73 bits per heavy atom. The van der Waals surface area contributed by atoms with Crippen molar-refractivity contribution in [2.45, 2.75) is 26.2 Å². The van der Waals surface area contributed by atoms with Gasteiger partial charge in [0.25, 0.3) is 0 Å². The Morgan fingerprint density at radius 1 is 0.900 bits per heavy atom. The molecule has 30 heavy (non-hydrogen) atoms. The molecular weight excluding hydrogens is 380 g/mol. The topological polar surface area (TPSA) is 57.9 Å². The second-order valence-electron chi connectivity index (χ2n) is 7.62. The molecule has 1 aromatic heterocycles. The normalized spacial score (nSPS) is 14.7. The lowest BCUT2D eigenvalue weighted by atomic mass is 9.94. The highest BCUT2D eigenvalue weighted by Gasteiger charge is 2.37. The molecule has 0 N–H and O–H groups in total. The third-order valence-corrected chi connectivity index (χ3v) is 4.99. The smallest absolute Gasteiger partial charge is 0.345 e. The third-order valence-electron chi connectivity index (χ3n) is 4.99. The van der Waals surface area contributed by atoms with Crippen molar-refractivity contribution in [1.29, 1.82) is 0 Å². The fourth-order valence-electron chi connectivity index (χ4n) is 3.76. The van der Waals surface area contributed by atoms with E-state index in [0.717, 1.165) is 16.3 Å². The van der Waals surface area contributed by atoms with Gasteiger partial charge in [-0.15, -0.1) is 0 Å². The van der Waals surface area contributed by atoms with E-state index in [1.165, 1.54) is 0 Å². The third kappa shape index (κ3) is 3.18. The monoisotopic (exact) mass is 400 g/mol. The fraction of sp³-hybridized carbons (Fsp3) is 0.160. The summed E-state index contributed by atoms with van der Waals surface area (Å²) in [7, 11) is 0. The lowest BCUT2D eigenvalue weighted by molar-refractivity contribution is -0.127. The van der Waals surface area contributed by atoms with Crippen LogP contribution in [0.3, 0.4) is 0 Å². The van der Waals surface area contributed by atoms with Gasteiger partial charge in [0, 0.05) is 24.8 Å². The van der Waals surface area contributed by atoms with Gasteiger partial charge >= 0.3 is 5.97 Å². The van der Waals surface area contributed by atoms with Crippen molar-refractivity contribution in [1.82, 2.24) is 0 Å². The van der Waals surface area contributed by atoms with Crippen LogP contribution in [0.15, 0.2) is 77.4 Å². The largest absolute Gasteiger partial charge is 0.488 e. The zero-order valence-corrected chi connectivity index (χ0v) is 16.7. The van der Waals surface area contributed by atoms with Crippen molar-refractivity contribution < 1.29 is 23.4 Å². The van der Waals surface area contributed by atoms with Gasteiger partial charge in [-0.05, 0) is 35.2 Å². The number of cyclic esters (lactones) is 1. The number of esters is 1. The van der Waals surface area contributed by atoms with E-state index in [1.807, 2.05) is 60.7 Å². The summed E-state index contributed by atoms with van der Waals surface area (Å²) in [6, 6.07) is 21.2. The van der Waals surface area contributed by atoms with E-state index in [-0.39, 0.29) is 0 Å². The minimum absolute atomic E-state index is 0.340. The molecule has 0 radical (unpaired) electrons. The highest BCUT2D eigenvalue weighted by molar-refractivity contribution is 6.12. The Balaban J connectivity index is 1.72. The average Bonchev–Trinajstić information content (AvgIpc) is 3.25. The van der Waals surface area contributed by atoms with Gasteiger partial charge in [0.15, 0.2) is 0 Å². The number of hydrogen-bond acceptors (Lipinski definition) is 5. The molecule has 0 amide bonds. The van der Waals surface area contributed by atoms with Crippen molar-refractivity contribution in [2.75, 3.05) is 0 Å². The van der Waals surface area contributed by atoms with Crippen LogP contribution >= 0.6 is 0 Å². The molecule has 4 aromatic rings. The molecule has 3 aromatic carbocycles. The van der Waals surface area contributed by atoms with Crippen LogP contribution in [0, 0.1) is 0 Å². The molecule has 5 nitrogen and oxygen atoms in total. The Bertz CT molecular complexity index is 1220. The predicted octanol–water partition coefficient (Wildman–Crippen LogP) is 5.96. The number of carbonyl (C=O) groups excluding carboxylic acids is 1. The van der Waals surface area contributed by atoms with Gasteiger partial charge in [-0.3, -0.25) is 0 Å². The molecular formula is C25H20O5. The maximum Gasteiger partial charge on any atom is 0.345 e. The summed E-state index contributed by atoms with van der Waals surface area (Å²) in [6.45, 7) is 3.83. The summed E-state index contributed by atoms with van der Waals surface area (Å²) in [5.74, 6) is 0.179. The van der Waals surface area contributed by atoms with Gasteiger partial charge in [0.1, 0.15) is 29.4 Å². The van der Waals surface area contributed by atoms with Crippen molar-refractivity contribution >= 4 is 16.7 Å². The van der Waals surface area contributed by atoms with Gasteiger partial charge in [-0.1, -0.05) is 42.5 Å². The Morgan fingerprint density at radius 3 is 2.50 bits per heavy atom. The fourth-order valence-corrected chi connectivity index (χ4v) is 3.76. The molecule has 5 heteroatoms. The zero-order chi connectivity index (χ0) is 20.7. The van der Waals surface area contributed by atoms with Crippen LogP contribution in [0.1, 0.15) is 29.8 Å². The van der Waals surface area contributed by atoms with Crippen LogP contribution < -0.4 is 9.47 Å². The highest BCUT2D eigenvalue weighted by Crippen LogP contribution is 2.45. The quantitative estimate of drug-likeness (QED) is 0.395. The summed E-state index contributed by atoms with van der Waals surface area (Å²) >= 11 is 0. The summed E-state index contributed by atoms with van der Waals surface area (Å²) in [4.78, 5) is 13.0. The first-order valence-electron chi connectivity index (χ1n) is 9.74. The van der Waals surface area contributed by atoms with E-state index >= 15 is 0 Å². The molecule has 150 valence electrons. The molecule has 0 saturated heterocycles. The lowest BCUT2D eigenvalue weighted by Crippen LogP contribution is -2.39. The molecule has 0 saturated carbocycles. The summed E-state index contributed by atoms with van der Waals surface area (Å²) in [5, 5.41) is 1.67. The van der Waals surface area contributed by atoms with Crippen LogP contribution in [-0.4, -0.2) is 11.8 Å². The molecule has 0 unspecified atom stereocenters. The van der Waals surface area contributed by atoms with Crippen molar-refractivity contribution in [3.63, 3.8) is 0 Å². The minimum Gasteiger partial charge on any atom is -0.488 e. The number of fused-ring (bicyclic) bond motifs is 2. The maximum absolute atomic E-state index is 13.0. The van der Waals surface area contributed by atoms with Crippen LogP contribution in [0.4, 0.5) is 0 Å². The predicted molar refractivity (Wildman–Crippen MR) is 113 cm³/mol. The molecule has 0 spiro atoms. The van der Waals surface area contributed by atoms with Gasteiger partial charge in [0.05, 0.1) is 6.26 Å². The minimum atomic E-state index is -1.04. The molecule has 5 rings (SSSR count). The Labute approximate surface area is 173 Å². The van der Waals surface area contributed by atoms with Gasteiger partial charge in [0.2, 0.25) is 5.79 Å². The number of hydrogen-bond donors (Lipinski definition) is 0. The second kappa shape index (κ2) is 6.95. The Hall–Kier alpha value is -3.73. The SMILES string of the molecule is CC1(C)OC(=O)c2c(cc3cccc(OCc4ccccc4)c3c2-c2ccco2)O1. The molecule has 0 aliphatic carbocycles. The number of carbonyl (C=O) groups is 1. The van der Waals surface area contributed by atoms with E-state index in [2.05, 4.69) is 0 Å². The number of furan rings is 1. The molecule has 0 fully saturated rings. The van der Waals surface area contributed by atoms with Crippen LogP contribution in [0.25, 0.3) is 22.1 Å². The zero-order valence-electron chi connectivity index (χ0n) is 16.7. The summed E-state index contributed by atoms with van der Waals surface area (Å²) in [6.07, 6.45) is 1.58. The van der Waals surface area contributed by atoms with E-state index in [9.17, 15) is 4.79 Å². The van der Waals surface area contributed by atoms with Crippen molar-refractivity contribution in [3.8, 4) is 22.8 Å². The van der Waals surface area contributed by atoms with Gasteiger partial charge in [-0.25, -0.2) is 4.79 Å². The van der Waals surface area contributed by atoms with E-state index in [0.29, 0.717) is 35.0 Å².